The van der Waals surface area contributed by atoms with Crippen molar-refractivity contribution in [3.05, 3.63) is 0 Å². The fourth-order valence-electron chi connectivity index (χ4n) is 4.33. The van der Waals surface area contributed by atoms with Crippen molar-refractivity contribution in [2.75, 3.05) is 20.1 Å². The summed E-state index contributed by atoms with van der Waals surface area (Å²) in [5.74, 6) is 1.40. The van der Waals surface area contributed by atoms with Gasteiger partial charge in [-0.25, -0.2) is 0 Å². The van der Waals surface area contributed by atoms with Gasteiger partial charge in [-0.2, -0.15) is 0 Å². The van der Waals surface area contributed by atoms with E-state index in [2.05, 4.69) is 44.5 Å². The summed E-state index contributed by atoms with van der Waals surface area (Å²) in [7, 11) is 2.21. The number of likely N-dealkylation sites (tertiary alicyclic amines) is 1. The maximum atomic E-state index is 4.78. The monoisotopic (exact) mass is 235 g/mol. The largest absolute Gasteiger partial charge is 0.361 e. The van der Waals surface area contributed by atoms with Gasteiger partial charge < -0.3 is 4.90 Å². The standard InChI is InChI=1S/C14H25N3/c1-10-8-14(12-15-6-7-16(12)5)9-11(14)17(10)13(2,3)4/h10-11H,6-9H2,1-5H3/t10-,11-,14-/m1/s1. The number of rotatable bonds is 1. The first-order valence-electron chi connectivity index (χ1n) is 6.91. The summed E-state index contributed by atoms with van der Waals surface area (Å²) < 4.78 is 0. The predicted octanol–water partition coefficient (Wildman–Crippen LogP) is 1.98. The number of amidine groups is 1. The first kappa shape index (κ1) is 11.5. The van der Waals surface area contributed by atoms with Crippen LogP contribution in [0.15, 0.2) is 4.99 Å². The molecule has 0 N–H and O–H groups in total. The minimum absolute atomic E-state index is 0.292. The number of likely N-dealkylation sites (N-methyl/N-ethyl adjacent to an activating group) is 1. The van der Waals surface area contributed by atoms with Crippen LogP contribution in [-0.2, 0) is 0 Å². The third-order valence-electron chi connectivity index (χ3n) is 4.78. The molecular formula is C14H25N3. The molecule has 3 heteroatoms. The van der Waals surface area contributed by atoms with Crippen molar-refractivity contribution in [1.82, 2.24) is 9.80 Å². The van der Waals surface area contributed by atoms with E-state index in [-0.39, 0.29) is 0 Å². The van der Waals surface area contributed by atoms with Gasteiger partial charge in [0.25, 0.3) is 0 Å². The Bertz CT molecular complexity index is 368. The molecule has 96 valence electrons. The minimum Gasteiger partial charge on any atom is -0.361 e. The fraction of sp³-hybridized carbons (Fsp3) is 0.929. The minimum atomic E-state index is 0.292. The molecule has 0 radical (unpaired) electrons. The molecule has 0 aromatic rings. The van der Waals surface area contributed by atoms with Crippen LogP contribution in [0.3, 0.4) is 0 Å². The van der Waals surface area contributed by atoms with Gasteiger partial charge in [0.05, 0.1) is 6.54 Å². The molecule has 1 saturated carbocycles. The van der Waals surface area contributed by atoms with E-state index in [0.717, 1.165) is 19.1 Å². The summed E-state index contributed by atoms with van der Waals surface area (Å²) in [5, 5.41) is 0. The van der Waals surface area contributed by atoms with Crippen molar-refractivity contribution in [2.45, 2.75) is 58.2 Å². The van der Waals surface area contributed by atoms with Crippen molar-refractivity contribution < 1.29 is 0 Å². The molecule has 3 rings (SSSR count). The first-order valence-corrected chi connectivity index (χ1v) is 6.91. The molecule has 3 nitrogen and oxygen atoms in total. The summed E-state index contributed by atoms with van der Waals surface area (Å²) >= 11 is 0. The van der Waals surface area contributed by atoms with Crippen LogP contribution < -0.4 is 0 Å². The molecule has 2 aliphatic heterocycles. The molecule has 0 aromatic heterocycles. The Balaban J connectivity index is 1.87. The molecule has 3 atom stereocenters. The van der Waals surface area contributed by atoms with Crippen molar-refractivity contribution >= 4 is 5.84 Å². The van der Waals surface area contributed by atoms with Crippen molar-refractivity contribution in [2.24, 2.45) is 10.4 Å². The highest BCUT2D eigenvalue weighted by Gasteiger charge is 2.68. The van der Waals surface area contributed by atoms with Gasteiger partial charge in [0, 0.05) is 36.6 Å². The number of hydrogen-bond acceptors (Lipinski definition) is 3. The van der Waals surface area contributed by atoms with E-state index in [4.69, 9.17) is 4.99 Å². The Morgan fingerprint density at radius 3 is 2.47 bits per heavy atom. The van der Waals surface area contributed by atoms with Crippen LogP contribution >= 0.6 is 0 Å². The molecule has 0 aromatic carbocycles. The zero-order valence-corrected chi connectivity index (χ0v) is 11.8. The number of hydrogen-bond donors (Lipinski definition) is 0. The summed E-state index contributed by atoms with van der Waals surface area (Å²) in [4.78, 5) is 9.89. The van der Waals surface area contributed by atoms with Gasteiger partial charge in [0.1, 0.15) is 5.84 Å². The van der Waals surface area contributed by atoms with Gasteiger partial charge in [-0.1, -0.05) is 0 Å². The van der Waals surface area contributed by atoms with Gasteiger partial charge >= 0.3 is 0 Å². The van der Waals surface area contributed by atoms with E-state index < -0.39 is 0 Å². The van der Waals surface area contributed by atoms with Crippen LogP contribution in [0, 0.1) is 5.41 Å². The molecular weight excluding hydrogens is 210 g/mol. The smallest absolute Gasteiger partial charge is 0.107 e. The predicted molar refractivity (Wildman–Crippen MR) is 71.4 cm³/mol. The molecule has 0 amide bonds. The molecule has 2 heterocycles. The summed E-state index contributed by atoms with van der Waals surface area (Å²) in [6.45, 7) is 11.5. The molecule has 0 unspecified atom stereocenters. The maximum Gasteiger partial charge on any atom is 0.107 e. The molecule has 0 bridgehead atoms. The maximum absolute atomic E-state index is 4.78. The van der Waals surface area contributed by atoms with E-state index in [1.807, 2.05) is 0 Å². The van der Waals surface area contributed by atoms with E-state index >= 15 is 0 Å². The molecule has 3 aliphatic rings. The topological polar surface area (TPSA) is 18.8 Å². The molecule has 1 aliphatic carbocycles. The Kier molecular flexibility index (Phi) is 2.20. The number of fused-ring (bicyclic) bond motifs is 1. The SMILES string of the molecule is C[C@@H]1C[C@@]2(C3=NCCN3C)C[C@H]2N1C(C)(C)C. The molecule has 0 spiro atoms. The number of piperidine rings is 1. The zero-order valence-electron chi connectivity index (χ0n) is 11.8. The summed E-state index contributed by atoms with van der Waals surface area (Å²) in [6.07, 6.45) is 2.63. The van der Waals surface area contributed by atoms with Crippen LogP contribution in [0.1, 0.15) is 40.5 Å². The third-order valence-corrected chi connectivity index (χ3v) is 4.78. The average Bonchev–Trinajstić information content (AvgIpc) is 2.58. The van der Waals surface area contributed by atoms with E-state index in [1.54, 1.807) is 0 Å². The lowest BCUT2D eigenvalue weighted by atomic mass is 9.98. The normalized spacial score (nSPS) is 41.7. The zero-order chi connectivity index (χ0) is 12.4. The highest BCUT2D eigenvalue weighted by Crippen LogP contribution is 2.62. The van der Waals surface area contributed by atoms with Gasteiger partial charge in [-0.3, -0.25) is 9.89 Å². The highest BCUT2D eigenvalue weighted by molar-refractivity contribution is 5.93. The van der Waals surface area contributed by atoms with Gasteiger partial charge in [-0.05, 0) is 40.5 Å². The number of aliphatic imine (C=N–C) groups is 1. The quantitative estimate of drug-likeness (QED) is 0.692. The fourth-order valence-corrected chi connectivity index (χ4v) is 4.33. The van der Waals surface area contributed by atoms with Crippen LogP contribution in [-0.4, -0.2) is 53.4 Å². The van der Waals surface area contributed by atoms with Crippen molar-refractivity contribution in [3.63, 3.8) is 0 Å². The molecule has 2 fully saturated rings. The second-order valence-corrected chi connectivity index (χ2v) is 7.13. The van der Waals surface area contributed by atoms with Crippen molar-refractivity contribution in [3.8, 4) is 0 Å². The van der Waals surface area contributed by atoms with Crippen molar-refractivity contribution in [1.29, 1.82) is 0 Å². The average molecular weight is 235 g/mol. The van der Waals surface area contributed by atoms with E-state index in [9.17, 15) is 0 Å². The van der Waals surface area contributed by atoms with E-state index in [0.29, 0.717) is 17.0 Å². The Morgan fingerprint density at radius 1 is 1.29 bits per heavy atom. The second-order valence-electron chi connectivity index (χ2n) is 7.13. The number of nitrogens with zero attached hydrogens (tertiary/aromatic N) is 3. The summed E-state index contributed by atoms with van der Waals surface area (Å²) in [5.41, 5.74) is 0.706. The first-order chi connectivity index (χ1) is 7.86. The van der Waals surface area contributed by atoms with Gasteiger partial charge in [0.2, 0.25) is 0 Å². The van der Waals surface area contributed by atoms with Crippen LogP contribution in [0.2, 0.25) is 0 Å². The second kappa shape index (κ2) is 3.25. The Labute approximate surface area is 105 Å². The Morgan fingerprint density at radius 2 is 2.00 bits per heavy atom. The summed E-state index contributed by atoms with van der Waals surface area (Å²) in [6, 6.07) is 1.45. The Hall–Kier alpha value is -0.570. The van der Waals surface area contributed by atoms with Crippen LogP contribution in [0.5, 0.6) is 0 Å². The highest BCUT2D eigenvalue weighted by atomic mass is 15.3. The lowest BCUT2D eigenvalue weighted by molar-refractivity contribution is 0.104. The van der Waals surface area contributed by atoms with Gasteiger partial charge in [-0.15, -0.1) is 0 Å². The lowest BCUT2D eigenvalue weighted by Gasteiger charge is -2.37. The van der Waals surface area contributed by atoms with Gasteiger partial charge in [0.15, 0.2) is 0 Å². The van der Waals surface area contributed by atoms with Crippen LogP contribution in [0.4, 0.5) is 0 Å². The molecule has 17 heavy (non-hydrogen) atoms. The van der Waals surface area contributed by atoms with Crippen LogP contribution in [0.25, 0.3) is 0 Å². The molecule has 1 saturated heterocycles. The van der Waals surface area contributed by atoms with E-state index in [1.165, 1.54) is 18.7 Å². The third kappa shape index (κ3) is 1.48. The lowest BCUT2D eigenvalue weighted by Crippen LogP contribution is -2.45.